The molecule has 6 nitrogen and oxygen atoms in total. The number of rotatable bonds is 5. The van der Waals surface area contributed by atoms with Crippen LogP contribution in [0.5, 0.6) is 0 Å². The summed E-state index contributed by atoms with van der Waals surface area (Å²) in [6.45, 7) is 1.48. The molecule has 4 aliphatic rings. The lowest BCUT2D eigenvalue weighted by Gasteiger charge is -2.56. The molecule has 0 heterocycles. The smallest absolute Gasteiger partial charge is 0.321 e. The maximum absolute atomic E-state index is 12.3. The van der Waals surface area contributed by atoms with Crippen LogP contribution in [0.25, 0.3) is 0 Å². The van der Waals surface area contributed by atoms with Crippen molar-refractivity contribution in [3.63, 3.8) is 0 Å². The van der Waals surface area contributed by atoms with E-state index < -0.39 is 24.5 Å². The minimum absolute atomic E-state index is 0.111. The average molecular weight is 384 g/mol. The molecule has 28 heavy (non-hydrogen) atoms. The molecule has 0 aromatic heterocycles. The maximum Gasteiger partial charge on any atom is 0.321 e. The second-order valence-corrected chi connectivity index (χ2v) is 8.96. The zero-order valence-corrected chi connectivity index (χ0v) is 16.3. The summed E-state index contributed by atoms with van der Waals surface area (Å²) >= 11 is 0. The van der Waals surface area contributed by atoms with Crippen molar-refractivity contribution in [2.24, 2.45) is 17.8 Å². The summed E-state index contributed by atoms with van der Waals surface area (Å²) in [5.41, 5.74) is 1.71. The molecule has 0 aliphatic heterocycles. The Kier molecular flexibility index (Phi) is 5.13. The standard InChI is InChI=1S/C22H28N2O4/c1-14-4-2-3-5-18(14)9-20(26)28-13-19(25)23-21(27)24-22-10-15-6-16(11-22)8-17(7-15)12-22/h2-5,15-17H,6-13H2,1H3,(H2,23,24,25,27). The van der Waals surface area contributed by atoms with E-state index >= 15 is 0 Å². The highest BCUT2D eigenvalue weighted by Gasteiger charge is 2.51. The van der Waals surface area contributed by atoms with Gasteiger partial charge in [0.25, 0.3) is 5.91 Å². The Morgan fingerprint density at radius 3 is 2.25 bits per heavy atom. The summed E-state index contributed by atoms with van der Waals surface area (Å²) in [5, 5.41) is 5.40. The largest absolute Gasteiger partial charge is 0.455 e. The molecular formula is C22H28N2O4. The molecule has 2 N–H and O–H groups in total. The Balaban J connectivity index is 1.22. The first kappa shape index (κ1) is 19.0. The van der Waals surface area contributed by atoms with Crippen LogP contribution in [0.3, 0.4) is 0 Å². The zero-order chi connectivity index (χ0) is 19.7. The summed E-state index contributed by atoms with van der Waals surface area (Å²) in [5.74, 6) is 1.06. The first-order valence-electron chi connectivity index (χ1n) is 10.2. The van der Waals surface area contributed by atoms with Crippen LogP contribution in [0.2, 0.25) is 0 Å². The Morgan fingerprint density at radius 2 is 1.64 bits per heavy atom. The number of esters is 1. The van der Waals surface area contributed by atoms with Gasteiger partial charge in [-0.25, -0.2) is 4.79 Å². The molecule has 5 rings (SSSR count). The van der Waals surface area contributed by atoms with Crippen LogP contribution < -0.4 is 10.6 Å². The van der Waals surface area contributed by atoms with Crippen LogP contribution in [-0.4, -0.2) is 30.1 Å². The number of carbonyl (C=O) groups is 3. The SMILES string of the molecule is Cc1ccccc1CC(=O)OCC(=O)NC(=O)NC12CC3CC(CC(C3)C1)C2. The first-order chi connectivity index (χ1) is 13.4. The summed E-state index contributed by atoms with van der Waals surface area (Å²) < 4.78 is 5.03. The molecule has 4 fully saturated rings. The molecule has 4 saturated carbocycles. The molecule has 150 valence electrons. The number of hydrogen-bond acceptors (Lipinski definition) is 4. The third-order valence-electron chi connectivity index (χ3n) is 6.63. The van der Waals surface area contributed by atoms with E-state index in [1.165, 1.54) is 19.3 Å². The number of nitrogens with one attached hydrogen (secondary N) is 2. The molecule has 3 amide bonds. The fourth-order valence-electron chi connectivity index (χ4n) is 5.86. The van der Waals surface area contributed by atoms with Crippen LogP contribution in [-0.2, 0) is 20.7 Å². The summed E-state index contributed by atoms with van der Waals surface area (Å²) in [6, 6.07) is 7.07. The quantitative estimate of drug-likeness (QED) is 0.765. The Hall–Kier alpha value is -2.37. The molecule has 0 unspecified atom stereocenters. The molecule has 0 spiro atoms. The summed E-state index contributed by atoms with van der Waals surface area (Å²) in [7, 11) is 0. The zero-order valence-electron chi connectivity index (χ0n) is 16.3. The van der Waals surface area contributed by atoms with Gasteiger partial charge in [-0.1, -0.05) is 24.3 Å². The second kappa shape index (κ2) is 7.57. The number of urea groups is 1. The molecule has 4 aliphatic carbocycles. The van der Waals surface area contributed by atoms with Crippen molar-refractivity contribution in [2.75, 3.05) is 6.61 Å². The monoisotopic (exact) mass is 384 g/mol. The van der Waals surface area contributed by atoms with E-state index in [0.29, 0.717) is 17.8 Å². The van der Waals surface area contributed by atoms with E-state index in [-0.39, 0.29) is 12.0 Å². The minimum atomic E-state index is -0.597. The van der Waals surface area contributed by atoms with E-state index in [1.54, 1.807) is 0 Å². The topological polar surface area (TPSA) is 84.5 Å². The van der Waals surface area contributed by atoms with Crippen LogP contribution in [0.1, 0.15) is 49.7 Å². The Bertz CT molecular complexity index is 753. The van der Waals surface area contributed by atoms with Crippen molar-refractivity contribution in [1.29, 1.82) is 0 Å². The van der Waals surface area contributed by atoms with E-state index in [2.05, 4.69) is 10.6 Å². The lowest BCUT2D eigenvalue weighted by atomic mass is 9.53. The lowest BCUT2D eigenvalue weighted by molar-refractivity contribution is -0.147. The van der Waals surface area contributed by atoms with E-state index in [9.17, 15) is 14.4 Å². The molecule has 0 radical (unpaired) electrons. The van der Waals surface area contributed by atoms with Gasteiger partial charge in [0.1, 0.15) is 0 Å². The third kappa shape index (κ3) is 4.21. The summed E-state index contributed by atoms with van der Waals surface area (Å²) in [4.78, 5) is 36.3. The maximum atomic E-state index is 12.3. The van der Waals surface area contributed by atoms with E-state index in [1.807, 2.05) is 31.2 Å². The number of hydrogen-bond donors (Lipinski definition) is 2. The highest BCUT2D eigenvalue weighted by atomic mass is 16.5. The predicted octanol–water partition coefficient (Wildman–Crippen LogP) is 2.88. The molecule has 4 bridgehead atoms. The fraction of sp³-hybridized carbons (Fsp3) is 0.591. The molecule has 6 heteroatoms. The van der Waals surface area contributed by atoms with Crippen molar-refractivity contribution in [1.82, 2.24) is 10.6 Å². The third-order valence-corrected chi connectivity index (χ3v) is 6.63. The van der Waals surface area contributed by atoms with Crippen molar-refractivity contribution in [3.05, 3.63) is 35.4 Å². The lowest BCUT2D eigenvalue weighted by Crippen LogP contribution is -2.62. The molecule has 0 atom stereocenters. The van der Waals surface area contributed by atoms with E-state index in [4.69, 9.17) is 4.74 Å². The number of imide groups is 1. The number of aryl methyl sites for hydroxylation is 1. The van der Waals surface area contributed by atoms with Crippen molar-refractivity contribution in [2.45, 2.75) is 57.4 Å². The summed E-state index contributed by atoms with van der Waals surface area (Å²) in [6.07, 6.45) is 7.04. The van der Waals surface area contributed by atoms with Gasteiger partial charge >= 0.3 is 12.0 Å². The molecule has 0 saturated heterocycles. The normalized spacial score (nSPS) is 30.0. The minimum Gasteiger partial charge on any atom is -0.455 e. The van der Waals surface area contributed by atoms with Gasteiger partial charge in [0.05, 0.1) is 6.42 Å². The number of benzene rings is 1. The first-order valence-corrected chi connectivity index (χ1v) is 10.2. The van der Waals surface area contributed by atoms with Gasteiger partial charge in [-0.2, -0.15) is 0 Å². The molecule has 1 aromatic rings. The van der Waals surface area contributed by atoms with Gasteiger partial charge < -0.3 is 10.1 Å². The number of amides is 3. The van der Waals surface area contributed by atoms with Crippen molar-refractivity contribution >= 4 is 17.9 Å². The Morgan fingerprint density at radius 1 is 1.04 bits per heavy atom. The predicted molar refractivity (Wildman–Crippen MR) is 103 cm³/mol. The number of carbonyl (C=O) groups excluding carboxylic acids is 3. The second-order valence-electron chi connectivity index (χ2n) is 8.96. The highest BCUT2D eigenvalue weighted by Crippen LogP contribution is 2.55. The van der Waals surface area contributed by atoms with Gasteiger partial charge in [-0.05, 0) is 74.3 Å². The van der Waals surface area contributed by atoms with Gasteiger partial charge in [-0.3, -0.25) is 14.9 Å². The van der Waals surface area contributed by atoms with Crippen LogP contribution in [0, 0.1) is 24.7 Å². The molecule has 1 aromatic carbocycles. The number of ether oxygens (including phenoxy) is 1. The van der Waals surface area contributed by atoms with Crippen LogP contribution in [0.15, 0.2) is 24.3 Å². The van der Waals surface area contributed by atoms with Gasteiger partial charge in [-0.15, -0.1) is 0 Å². The average Bonchev–Trinajstić information content (AvgIpc) is 2.60. The van der Waals surface area contributed by atoms with Gasteiger partial charge in [0, 0.05) is 5.54 Å². The van der Waals surface area contributed by atoms with Gasteiger partial charge in [0.2, 0.25) is 0 Å². The van der Waals surface area contributed by atoms with E-state index in [0.717, 1.165) is 30.4 Å². The van der Waals surface area contributed by atoms with Crippen LogP contribution in [0.4, 0.5) is 4.79 Å². The van der Waals surface area contributed by atoms with Crippen LogP contribution >= 0.6 is 0 Å². The van der Waals surface area contributed by atoms with Gasteiger partial charge in [0.15, 0.2) is 6.61 Å². The fourth-order valence-corrected chi connectivity index (χ4v) is 5.86. The van der Waals surface area contributed by atoms with Crippen molar-refractivity contribution in [3.8, 4) is 0 Å². The van der Waals surface area contributed by atoms with Crippen molar-refractivity contribution < 1.29 is 19.1 Å². The highest BCUT2D eigenvalue weighted by molar-refractivity contribution is 5.95. The Labute approximate surface area is 165 Å². The molecular weight excluding hydrogens is 356 g/mol.